The third kappa shape index (κ3) is 2.93. The average molecular weight is 263 g/mol. The van der Waals surface area contributed by atoms with Crippen LogP contribution in [-0.4, -0.2) is 41.6 Å². The van der Waals surface area contributed by atoms with Gasteiger partial charge in [0.25, 0.3) is 5.91 Å². The molecule has 1 atom stereocenters. The maximum absolute atomic E-state index is 12.3. The number of carboxylic acid groups (broad SMARTS) is 1. The fraction of sp³-hybridized carbons (Fsp3) is 0.429. The first kappa shape index (κ1) is 13.5. The van der Waals surface area contributed by atoms with E-state index < -0.39 is 12.0 Å². The molecule has 0 bridgehead atoms. The molecule has 0 saturated carbocycles. The van der Waals surface area contributed by atoms with Crippen LogP contribution in [0, 0.1) is 0 Å². The zero-order chi connectivity index (χ0) is 13.8. The summed E-state index contributed by atoms with van der Waals surface area (Å²) < 4.78 is 5.03. The molecule has 5 heteroatoms. The van der Waals surface area contributed by atoms with Gasteiger partial charge in [0.05, 0.1) is 6.61 Å². The molecule has 0 aromatic heterocycles. The molecule has 1 fully saturated rings. The first-order valence-electron chi connectivity index (χ1n) is 6.25. The van der Waals surface area contributed by atoms with Crippen LogP contribution in [0.1, 0.15) is 28.8 Å². The molecule has 1 unspecified atom stereocenters. The van der Waals surface area contributed by atoms with Crippen molar-refractivity contribution in [1.82, 2.24) is 4.90 Å². The van der Waals surface area contributed by atoms with Crippen LogP contribution in [-0.2, 0) is 16.1 Å². The van der Waals surface area contributed by atoms with Crippen molar-refractivity contribution in [3.8, 4) is 0 Å². The van der Waals surface area contributed by atoms with Crippen molar-refractivity contribution in [2.45, 2.75) is 25.5 Å². The molecule has 0 radical (unpaired) electrons. The number of carbonyl (C=O) groups excluding carboxylic acids is 1. The molecular weight excluding hydrogens is 246 g/mol. The molecular formula is C14H17NO4. The van der Waals surface area contributed by atoms with Gasteiger partial charge in [-0.05, 0) is 30.5 Å². The number of aliphatic carboxylic acids is 1. The third-order valence-electron chi connectivity index (χ3n) is 3.28. The van der Waals surface area contributed by atoms with Crippen molar-refractivity contribution in [2.24, 2.45) is 0 Å². The Morgan fingerprint density at radius 3 is 2.95 bits per heavy atom. The lowest BCUT2D eigenvalue weighted by Gasteiger charge is -2.21. The van der Waals surface area contributed by atoms with E-state index in [1.807, 2.05) is 6.07 Å². The summed E-state index contributed by atoms with van der Waals surface area (Å²) in [5.74, 6) is -1.15. The smallest absolute Gasteiger partial charge is 0.326 e. The topological polar surface area (TPSA) is 66.8 Å². The number of rotatable bonds is 4. The van der Waals surface area contributed by atoms with Gasteiger partial charge >= 0.3 is 5.97 Å². The van der Waals surface area contributed by atoms with Crippen LogP contribution in [0.3, 0.4) is 0 Å². The average Bonchev–Trinajstić information content (AvgIpc) is 2.88. The third-order valence-corrected chi connectivity index (χ3v) is 3.28. The van der Waals surface area contributed by atoms with E-state index >= 15 is 0 Å². The molecule has 1 aromatic carbocycles. The molecule has 1 heterocycles. The molecule has 102 valence electrons. The highest BCUT2D eigenvalue weighted by atomic mass is 16.5. The lowest BCUT2D eigenvalue weighted by Crippen LogP contribution is -2.40. The quantitative estimate of drug-likeness (QED) is 0.894. The minimum absolute atomic E-state index is 0.220. The van der Waals surface area contributed by atoms with Gasteiger partial charge in [-0.25, -0.2) is 4.79 Å². The van der Waals surface area contributed by atoms with Gasteiger partial charge in [0, 0.05) is 19.2 Å². The molecule has 1 amide bonds. The standard InChI is InChI=1S/C14H17NO4/c1-19-9-10-4-2-5-11(8-10)13(16)15-7-3-6-12(15)14(17)18/h2,4-5,8,12H,3,6-7,9H2,1H3,(H,17,18). The van der Waals surface area contributed by atoms with Crippen LogP contribution in [0.25, 0.3) is 0 Å². The van der Waals surface area contributed by atoms with Crippen molar-refractivity contribution in [2.75, 3.05) is 13.7 Å². The van der Waals surface area contributed by atoms with Gasteiger partial charge in [0.2, 0.25) is 0 Å². The zero-order valence-electron chi connectivity index (χ0n) is 10.8. The first-order chi connectivity index (χ1) is 9.13. The molecule has 0 spiro atoms. The molecule has 1 aromatic rings. The highest BCUT2D eigenvalue weighted by molar-refractivity contribution is 5.97. The summed E-state index contributed by atoms with van der Waals surface area (Å²) in [5.41, 5.74) is 1.42. The van der Waals surface area contributed by atoms with Crippen LogP contribution < -0.4 is 0 Å². The SMILES string of the molecule is COCc1cccc(C(=O)N2CCCC2C(=O)O)c1. The highest BCUT2D eigenvalue weighted by Crippen LogP contribution is 2.20. The Hall–Kier alpha value is -1.88. The van der Waals surface area contributed by atoms with Gasteiger partial charge in [-0.1, -0.05) is 12.1 Å². The number of likely N-dealkylation sites (tertiary alicyclic amines) is 1. The van der Waals surface area contributed by atoms with Gasteiger partial charge in [-0.3, -0.25) is 4.79 Å². The minimum Gasteiger partial charge on any atom is -0.480 e. The maximum atomic E-state index is 12.3. The summed E-state index contributed by atoms with van der Waals surface area (Å²) in [5, 5.41) is 9.10. The van der Waals surface area contributed by atoms with E-state index in [1.54, 1.807) is 25.3 Å². The second kappa shape index (κ2) is 5.84. The lowest BCUT2D eigenvalue weighted by molar-refractivity contribution is -0.141. The Bertz CT molecular complexity index is 486. The number of ether oxygens (including phenoxy) is 1. The zero-order valence-corrected chi connectivity index (χ0v) is 10.8. The van der Waals surface area contributed by atoms with E-state index in [2.05, 4.69) is 0 Å². The molecule has 1 aliphatic heterocycles. The van der Waals surface area contributed by atoms with E-state index in [0.29, 0.717) is 25.1 Å². The van der Waals surface area contributed by atoms with E-state index in [4.69, 9.17) is 9.84 Å². The van der Waals surface area contributed by atoms with E-state index in [9.17, 15) is 9.59 Å². The van der Waals surface area contributed by atoms with Gasteiger partial charge in [0.1, 0.15) is 6.04 Å². The van der Waals surface area contributed by atoms with Crippen molar-refractivity contribution >= 4 is 11.9 Å². The number of carboxylic acids is 1. The number of carbonyl (C=O) groups is 2. The maximum Gasteiger partial charge on any atom is 0.326 e. The van der Waals surface area contributed by atoms with Gasteiger partial charge in [-0.2, -0.15) is 0 Å². The van der Waals surface area contributed by atoms with Gasteiger partial charge < -0.3 is 14.7 Å². The van der Waals surface area contributed by atoms with Crippen LogP contribution in [0.5, 0.6) is 0 Å². The van der Waals surface area contributed by atoms with E-state index in [0.717, 1.165) is 12.0 Å². The predicted octanol–water partition coefficient (Wildman–Crippen LogP) is 1.52. The second-order valence-electron chi connectivity index (χ2n) is 4.63. The Labute approximate surface area is 111 Å². The molecule has 5 nitrogen and oxygen atoms in total. The Kier molecular flexibility index (Phi) is 4.16. The van der Waals surface area contributed by atoms with E-state index in [-0.39, 0.29) is 5.91 Å². The molecule has 0 aliphatic carbocycles. The molecule has 19 heavy (non-hydrogen) atoms. The summed E-state index contributed by atoms with van der Waals surface area (Å²) in [6.07, 6.45) is 1.26. The van der Waals surface area contributed by atoms with Crippen LogP contribution in [0.2, 0.25) is 0 Å². The summed E-state index contributed by atoms with van der Waals surface area (Å²) >= 11 is 0. The van der Waals surface area contributed by atoms with E-state index in [1.165, 1.54) is 4.90 Å². The van der Waals surface area contributed by atoms with Crippen molar-refractivity contribution in [3.63, 3.8) is 0 Å². The predicted molar refractivity (Wildman–Crippen MR) is 68.8 cm³/mol. The summed E-state index contributed by atoms with van der Waals surface area (Å²) in [6, 6.07) is 6.42. The largest absolute Gasteiger partial charge is 0.480 e. The molecule has 1 N–H and O–H groups in total. The highest BCUT2D eigenvalue weighted by Gasteiger charge is 2.34. The van der Waals surface area contributed by atoms with Crippen LogP contribution >= 0.6 is 0 Å². The molecule has 1 aliphatic rings. The first-order valence-corrected chi connectivity index (χ1v) is 6.25. The summed E-state index contributed by atoms with van der Waals surface area (Å²) in [4.78, 5) is 24.9. The van der Waals surface area contributed by atoms with Crippen LogP contribution in [0.15, 0.2) is 24.3 Å². The van der Waals surface area contributed by atoms with Gasteiger partial charge in [0.15, 0.2) is 0 Å². The number of nitrogens with zero attached hydrogens (tertiary/aromatic N) is 1. The summed E-state index contributed by atoms with van der Waals surface area (Å²) in [6.45, 7) is 0.938. The molecule has 1 saturated heterocycles. The summed E-state index contributed by atoms with van der Waals surface area (Å²) in [7, 11) is 1.59. The Morgan fingerprint density at radius 2 is 2.26 bits per heavy atom. The number of amides is 1. The van der Waals surface area contributed by atoms with Crippen LogP contribution in [0.4, 0.5) is 0 Å². The number of hydrogen-bond donors (Lipinski definition) is 1. The molecule has 2 rings (SSSR count). The number of hydrogen-bond acceptors (Lipinski definition) is 3. The Morgan fingerprint density at radius 1 is 1.47 bits per heavy atom. The van der Waals surface area contributed by atoms with Gasteiger partial charge in [-0.15, -0.1) is 0 Å². The van der Waals surface area contributed by atoms with Crippen molar-refractivity contribution < 1.29 is 19.4 Å². The minimum atomic E-state index is -0.932. The number of benzene rings is 1. The number of methoxy groups -OCH3 is 1. The monoisotopic (exact) mass is 263 g/mol. The normalized spacial score (nSPS) is 18.6. The van der Waals surface area contributed by atoms with Crippen molar-refractivity contribution in [3.05, 3.63) is 35.4 Å². The van der Waals surface area contributed by atoms with Crippen molar-refractivity contribution in [1.29, 1.82) is 0 Å². The fourth-order valence-electron chi connectivity index (χ4n) is 2.39. The lowest BCUT2D eigenvalue weighted by atomic mass is 10.1. The second-order valence-corrected chi connectivity index (χ2v) is 4.63. The fourth-order valence-corrected chi connectivity index (χ4v) is 2.39. The Balaban J connectivity index is 2.19.